The third kappa shape index (κ3) is 20.2. The van der Waals surface area contributed by atoms with Crippen molar-refractivity contribution in [2.75, 3.05) is 58.9 Å². The molecule has 3 aromatic carbocycles. The van der Waals surface area contributed by atoms with Gasteiger partial charge in [-0.15, -0.1) is 24.8 Å². The Balaban J connectivity index is 0.000000229. The molecule has 0 bridgehead atoms. The maximum atomic E-state index is 13.6. The zero-order valence-corrected chi connectivity index (χ0v) is 56.2. The number of carbonyl (C=O) groups excluding carboxylic acids is 6. The molecule has 3 aromatic heterocycles. The molecule has 0 radical (unpaired) electrons. The van der Waals surface area contributed by atoms with Gasteiger partial charge in [0.1, 0.15) is 28.7 Å². The quantitative estimate of drug-likeness (QED) is 0.108. The summed E-state index contributed by atoms with van der Waals surface area (Å²) in [5.41, 5.74) is 8.48. The summed E-state index contributed by atoms with van der Waals surface area (Å²) in [5, 5.41) is 29.7. The monoisotopic (exact) mass is 1380 g/mol. The summed E-state index contributed by atoms with van der Waals surface area (Å²) in [6, 6.07) is 13.6. The summed E-state index contributed by atoms with van der Waals surface area (Å²) in [7, 11) is 0. The van der Waals surface area contributed by atoms with Crippen LogP contribution in [0.5, 0.6) is 0 Å². The van der Waals surface area contributed by atoms with E-state index < -0.39 is 11.2 Å². The van der Waals surface area contributed by atoms with Crippen molar-refractivity contribution in [1.82, 2.24) is 60.8 Å². The highest BCUT2D eigenvalue weighted by Crippen LogP contribution is 2.37. The number of hydrogen-bond acceptors (Lipinski definition) is 13. The molecule has 6 aromatic rings. The SMILES string of the molecule is CC(C)(C)OC(=O)N1CCc2c(C(=O)N3CCC(c4cc(F)ccc4Cl)CC3)n[nH]c2C1.CC(C)(C)OC(=O)N1CCc2cn[nH]c2C1.Cl.Cl.Fc1ccc(Cl)c(C2CCNCC2)c1.O=C(c1n[nH]c2c1CCNC2)N1CCC(c2cc(F)ccc2Cl)CC1.O=C=O.[HH]. The molecular formula is C64H82Cl5F3N12O8. The predicted octanol–water partition coefficient (Wildman–Crippen LogP) is 12.5. The van der Waals surface area contributed by atoms with Gasteiger partial charge < -0.3 is 39.7 Å². The number of carbonyl (C=O) groups is 4. The molecule has 28 heteroatoms. The molecule has 0 aliphatic carbocycles. The maximum Gasteiger partial charge on any atom is 0.410 e. The highest BCUT2D eigenvalue weighted by atomic mass is 35.5. The van der Waals surface area contributed by atoms with Crippen molar-refractivity contribution < 1.29 is 52.8 Å². The van der Waals surface area contributed by atoms with E-state index in [9.17, 15) is 32.3 Å². The second kappa shape index (κ2) is 33.9. The summed E-state index contributed by atoms with van der Waals surface area (Å²) in [6.07, 6.45) is 8.73. The van der Waals surface area contributed by atoms with Gasteiger partial charge in [-0.3, -0.25) is 24.9 Å². The van der Waals surface area contributed by atoms with Gasteiger partial charge >= 0.3 is 18.3 Å². The number of nitrogens with zero attached hydrogens (tertiary/aromatic N) is 7. The summed E-state index contributed by atoms with van der Waals surface area (Å²) in [4.78, 5) is 73.4. The van der Waals surface area contributed by atoms with Crippen molar-refractivity contribution in [3.05, 3.63) is 155 Å². The van der Waals surface area contributed by atoms with Crippen LogP contribution in [0.15, 0.2) is 60.8 Å². The second-order valence-corrected chi connectivity index (χ2v) is 26.1. The number of rotatable bonds is 5. The molecule has 5 N–H and O–H groups in total. The minimum atomic E-state index is -0.561. The van der Waals surface area contributed by atoms with Gasteiger partial charge in [0.25, 0.3) is 11.8 Å². The molecule has 0 unspecified atom stereocenters. The molecule has 6 aliphatic heterocycles. The number of nitrogens with one attached hydrogen (secondary N) is 5. The topological polar surface area (TPSA) is 244 Å². The van der Waals surface area contributed by atoms with Crippen LogP contribution in [-0.2, 0) is 58.0 Å². The predicted molar refractivity (Wildman–Crippen MR) is 348 cm³/mol. The van der Waals surface area contributed by atoms with E-state index in [4.69, 9.17) is 53.9 Å². The summed E-state index contributed by atoms with van der Waals surface area (Å²) in [6.45, 7) is 19.2. The first-order valence-corrected chi connectivity index (χ1v) is 31.5. The Hall–Kier alpha value is -6.69. The first kappa shape index (κ1) is 74.4. The molecular weight excluding hydrogens is 1300 g/mol. The molecule has 0 spiro atoms. The molecule has 9 heterocycles. The zero-order valence-electron chi connectivity index (χ0n) is 52.3. The Morgan fingerprint density at radius 2 is 0.935 bits per heavy atom. The van der Waals surface area contributed by atoms with E-state index in [-0.39, 0.29) is 85.7 Å². The largest absolute Gasteiger partial charge is 0.444 e. The van der Waals surface area contributed by atoms with Gasteiger partial charge in [0, 0.05) is 73.4 Å². The summed E-state index contributed by atoms with van der Waals surface area (Å²) < 4.78 is 51.0. The van der Waals surface area contributed by atoms with Gasteiger partial charge in [-0.25, -0.2) is 22.8 Å². The lowest BCUT2D eigenvalue weighted by molar-refractivity contribution is -0.191. The van der Waals surface area contributed by atoms with Crippen LogP contribution in [0.4, 0.5) is 22.8 Å². The number of aromatic nitrogens is 6. The lowest BCUT2D eigenvalue weighted by Crippen LogP contribution is -2.41. The van der Waals surface area contributed by atoms with Gasteiger partial charge in [-0.05, 0) is 214 Å². The van der Waals surface area contributed by atoms with Crippen LogP contribution in [0.3, 0.4) is 0 Å². The number of likely N-dealkylation sites (tertiary alicyclic amines) is 2. The number of H-pyrrole nitrogens is 3. The first-order chi connectivity index (χ1) is 42.9. The second-order valence-electron chi connectivity index (χ2n) is 24.9. The zero-order chi connectivity index (χ0) is 64.9. The third-order valence-electron chi connectivity index (χ3n) is 16.4. The van der Waals surface area contributed by atoms with Crippen molar-refractivity contribution in [2.45, 2.75) is 148 Å². The first-order valence-electron chi connectivity index (χ1n) is 30.3. The van der Waals surface area contributed by atoms with Crippen molar-refractivity contribution in [3.63, 3.8) is 0 Å². The molecule has 0 atom stereocenters. The Bertz CT molecular complexity index is 3500. The molecule has 0 saturated carbocycles. The van der Waals surface area contributed by atoms with Gasteiger partial charge in [-0.1, -0.05) is 34.8 Å². The standard InChI is InChI=1S/C23H28ClFN4O3.C18H20ClFN4O.C11H13ClFN.C11H17N3O2.CO2.2ClH.H2/c1-23(2,3)32-22(31)29-11-8-16-19(13-29)26-27-20(16)21(30)28-9-6-14(7-10-28)17-12-15(25)4-5-18(17)24;19-15-2-1-12(20)9-14(15)11-4-7-24(8-5-11)18(25)17-13-3-6-21-10-16(13)22-23-17;12-11-2-1-9(13)7-10(11)8-3-5-14-6-4-8;1-11(2,3)16-10(15)14-5-4-8-6-12-13-9(8)7-14;2-1-3;;;/h4-5,12,14H,6-11,13H2,1-3H3,(H,26,27);1-2,9,11,21H,3-8,10H2,(H,22,23);1-2,7-8,14H,3-6H2;6H,4-5,7H2,1-3H3,(H,12,13);;3*1H. The number of fused-ring (bicyclic) bond motifs is 3. The maximum absolute atomic E-state index is 13.6. The van der Waals surface area contributed by atoms with Gasteiger partial charge in [-0.2, -0.15) is 24.9 Å². The van der Waals surface area contributed by atoms with Crippen molar-refractivity contribution in [3.8, 4) is 0 Å². The van der Waals surface area contributed by atoms with E-state index in [2.05, 4.69) is 41.2 Å². The minimum absolute atomic E-state index is 0. The molecule has 6 aliphatic rings. The molecule has 12 rings (SSSR count). The molecule has 4 amide bonds. The van der Waals surface area contributed by atoms with E-state index in [1.54, 1.807) is 39.0 Å². The van der Waals surface area contributed by atoms with Crippen molar-refractivity contribution in [2.24, 2.45) is 0 Å². The molecule has 3 saturated heterocycles. The summed E-state index contributed by atoms with van der Waals surface area (Å²) in [5.74, 6) is -0.161. The van der Waals surface area contributed by atoms with Crippen LogP contribution in [0, 0.1) is 17.5 Å². The highest BCUT2D eigenvalue weighted by Gasteiger charge is 2.35. The lowest BCUT2D eigenvalue weighted by atomic mass is 9.89. The lowest BCUT2D eigenvalue weighted by Gasteiger charge is -2.33. The Morgan fingerprint density at radius 1 is 0.533 bits per heavy atom. The number of hydrogen-bond donors (Lipinski definition) is 5. The molecule has 20 nitrogen and oxygen atoms in total. The van der Waals surface area contributed by atoms with E-state index in [1.165, 1.54) is 35.9 Å². The average molecular weight is 1380 g/mol. The average Bonchev–Trinajstić information content (AvgIpc) is 1.73. The normalized spacial score (nSPS) is 16.6. The van der Waals surface area contributed by atoms with E-state index >= 15 is 0 Å². The van der Waals surface area contributed by atoms with Gasteiger partial charge in [0.2, 0.25) is 0 Å². The van der Waals surface area contributed by atoms with Crippen molar-refractivity contribution >= 4 is 89.8 Å². The van der Waals surface area contributed by atoms with Crippen LogP contribution in [-0.4, -0.2) is 150 Å². The van der Waals surface area contributed by atoms with E-state index in [0.717, 1.165) is 110 Å². The fourth-order valence-electron chi connectivity index (χ4n) is 11.8. The van der Waals surface area contributed by atoms with Crippen LogP contribution >= 0.6 is 59.6 Å². The van der Waals surface area contributed by atoms with Crippen LogP contribution in [0.1, 0.15) is 171 Å². The van der Waals surface area contributed by atoms with Gasteiger partial charge in [0.05, 0.1) is 36.4 Å². The smallest absolute Gasteiger partial charge is 0.410 e. The number of amides is 4. The Morgan fingerprint density at radius 3 is 1.38 bits per heavy atom. The fourth-order valence-corrected chi connectivity index (χ4v) is 12.6. The van der Waals surface area contributed by atoms with E-state index in [1.807, 2.05) is 52.6 Å². The number of aromatic amines is 3. The summed E-state index contributed by atoms with van der Waals surface area (Å²) >= 11 is 18.5. The number of halogens is 8. The molecule has 502 valence electrons. The molecule has 92 heavy (non-hydrogen) atoms. The van der Waals surface area contributed by atoms with E-state index in [0.29, 0.717) is 104 Å². The molecule has 3 fully saturated rings. The van der Waals surface area contributed by atoms with Gasteiger partial charge in [0.15, 0.2) is 11.4 Å². The number of piperidine rings is 3. The fraction of sp³-hybridized carbons (Fsp3) is 0.500. The number of benzene rings is 3. The van der Waals surface area contributed by atoms with Crippen LogP contribution in [0.2, 0.25) is 15.1 Å². The number of ether oxygens (including phenoxy) is 2. The highest BCUT2D eigenvalue weighted by molar-refractivity contribution is 6.32. The Kier molecular flexibility index (Phi) is 27.4. The van der Waals surface area contributed by atoms with Crippen LogP contribution in [0.25, 0.3) is 0 Å². The van der Waals surface area contributed by atoms with Crippen LogP contribution < -0.4 is 10.6 Å². The van der Waals surface area contributed by atoms with Crippen molar-refractivity contribution in [1.29, 1.82) is 0 Å². The third-order valence-corrected chi connectivity index (χ3v) is 17.4. The Labute approximate surface area is 562 Å². The minimum Gasteiger partial charge on any atom is -0.444 e.